The van der Waals surface area contributed by atoms with Gasteiger partial charge in [-0.25, -0.2) is 4.98 Å². The predicted octanol–water partition coefficient (Wildman–Crippen LogP) is 2.31. The molecule has 124 valence electrons. The Labute approximate surface area is 141 Å². The summed E-state index contributed by atoms with van der Waals surface area (Å²) >= 11 is 0. The highest BCUT2D eigenvalue weighted by atomic mass is 16.5. The minimum Gasteiger partial charge on any atom is -0.383 e. The van der Waals surface area contributed by atoms with Crippen LogP contribution in [-0.4, -0.2) is 45.2 Å². The van der Waals surface area contributed by atoms with E-state index in [-0.39, 0.29) is 5.91 Å². The first kappa shape index (κ1) is 17.4. The Morgan fingerprint density at radius 3 is 2.54 bits per heavy atom. The van der Waals surface area contributed by atoms with Crippen LogP contribution in [0, 0.1) is 11.3 Å². The van der Waals surface area contributed by atoms with Crippen molar-refractivity contribution in [2.75, 3.05) is 44.2 Å². The number of ether oxygens (including phenoxy) is 1. The fourth-order valence-electron chi connectivity index (χ4n) is 2.20. The Morgan fingerprint density at radius 2 is 1.96 bits per heavy atom. The summed E-state index contributed by atoms with van der Waals surface area (Å²) in [6.07, 6.45) is 1.62. The average Bonchev–Trinajstić information content (AvgIpc) is 2.62. The van der Waals surface area contributed by atoms with E-state index in [9.17, 15) is 4.79 Å². The maximum absolute atomic E-state index is 12.9. The molecule has 0 aliphatic rings. The van der Waals surface area contributed by atoms with E-state index in [1.165, 1.54) is 0 Å². The molecule has 0 aliphatic heterocycles. The topological polar surface area (TPSA) is 69.5 Å². The first-order chi connectivity index (χ1) is 11.6. The fourth-order valence-corrected chi connectivity index (χ4v) is 2.20. The number of amides is 1. The standard InChI is InChI=1S/C18H20N4O2/c1-21(2)17-12-15(8-9-20-17)18(23)22(10-11-24-3)16-6-4-14(13-19)5-7-16/h4-9,12H,10-11H2,1-3H3. The van der Waals surface area contributed by atoms with Crippen molar-refractivity contribution in [3.63, 3.8) is 0 Å². The largest absolute Gasteiger partial charge is 0.383 e. The molecule has 1 aromatic carbocycles. The van der Waals surface area contributed by atoms with E-state index < -0.39 is 0 Å². The van der Waals surface area contributed by atoms with E-state index in [0.29, 0.717) is 30.1 Å². The maximum atomic E-state index is 12.9. The van der Waals surface area contributed by atoms with Crippen molar-refractivity contribution in [3.8, 4) is 6.07 Å². The molecule has 0 aliphatic carbocycles. The lowest BCUT2D eigenvalue weighted by molar-refractivity contribution is 0.0976. The minimum absolute atomic E-state index is 0.137. The van der Waals surface area contributed by atoms with Crippen LogP contribution in [0.5, 0.6) is 0 Å². The molecule has 1 heterocycles. The highest BCUT2D eigenvalue weighted by Crippen LogP contribution is 2.19. The van der Waals surface area contributed by atoms with Crippen molar-refractivity contribution < 1.29 is 9.53 Å². The van der Waals surface area contributed by atoms with Crippen LogP contribution in [0.3, 0.4) is 0 Å². The summed E-state index contributed by atoms with van der Waals surface area (Å²) in [5.41, 5.74) is 1.82. The Bertz CT molecular complexity index is 735. The van der Waals surface area contributed by atoms with Gasteiger partial charge in [-0.1, -0.05) is 0 Å². The Balaban J connectivity index is 2.34. The monoisotopic (exact) mass is 324 g/mol. The minimum atomic E-state index is -0.137. The van der Waals surface area contributed by atoms with Crippen molar-refractivity contribution in [2.24, 2.45) is 0 Å². The molecule has 0 saturated carbocycles. The molecule has 1 amide bonds. The molecule has 2 aromatic rings. The number of benzene rings is 1. The van der Waals surface area contributed by atoms with Crippen molar-refractivity contribution in [1.82, 2.24) is 4.98 Å². The van der Waals surface area contributed by atoms with Gasteiger partial charge < -0.3 is 14.5 Å². The Morgan fingerprint density at radius 1 is 1.25 bits per heavy atom. The highest BCUT2D eigenvalue weighted by Gasteiger charge is 2.18. The zero-order valence-corrected chi connectivity index (χ0v) is 14.1. The van der Waals surface area contributed by atoms with Crippen LogP contribution in [-0.2, 0) is 4.74 Å². The molecule has 0 radical (unpaired) electrons. The van der Waals surface area contributed by atoms with Gasteiger partial charge in [0.2, 0.25) is 0 Å². The maximum Gasteiger partial charge on any atom is 0.258 e. The summed E-state index contributed by atoms with van der Waals surface area (Å²) in [6, 6.07) is 12.4. The molecule has 6 heteroatoms. The lowest BCUT2D eigenvalue weighted by atomic mass is 10.1. The quantitative estimate of drug-likeness (QED) is 0.815. The summed E-state index contributed by atoms with van der Waals surface area (Å²) in [4.78, 5) is 20.7. The predicted molar refractivity (Wildman–Crippen MR) is 93.3 cm³/mol. The van der Waals surface area contributed by atoms with Gasteiger partial charge in [-0.15, -0.1) is 0 Å². The number of nitrogens with zero attached hydrogens (tertiary/aromatic N) is 4. The third kappa shape index (κ3) is 4.09. The Kier molecular flexibility index (Phi) is 5.88. The van der Waals surface area contributed by atoms with E-state index in [1.54, 1.807) is 54.6 Å². The molecule has 2 rings (SSSR count). The summed E-state index contributed by atoms with van der Waals surface area (Å²) in [5.74, 6) is 0.578. The molecule has 0 fully saturated rings. The van der Waals surface area contributed by atoms with E-state index >= 15 is 0 Å². The summed E-state index contributed by atoms with van der Waals surface area (Å²) in [6.45, 7) is 0.832. The number of carbonyl (C=O) groups excluding carboxylic acids is 1. The molecule has 0 N–H and O–H groups in total. The van der Waals surface area contributed by atoms with Gasteiger partial charge in [-0.2, -0.15) is 5.26 Å². The molecule has 0 bridgehead atoms. The van der Waals surface area contributed by atoms with Crippen LogP contribution >= 0.6 is 0 Å². The van der Waals surface area contributed by atoms with Crippen molar-refractivity contribution in [1.29, 1.82) is 5.26 Å². The first-order valence-electron chi connectivity index (χ1n) is 7.51. The molecule has 0 spiro atoms. The third-order valence-corrected chi connectivity index (χ3v) is 3.52. The molecule has 0 unspecified atom stereocenters. The first-order valence-corrected chi connectivity index (χ1v) is 7.51. The van der Waals surface area contributed by atoms with Crippen LogP contribution in [0.4, 0.5) is 11.5 Å². The molecule has 24 heavy (non-hydrogen) atoms. The van der Waals surface area contributed by atoms with E-state index in [0.717, 1.165) is 5.69 Å². The van der Waals surface area contributed by atoms with Gasteiger partial charge in [0.25, 0.3) is 5.91 Å². The molecule has 6 nitrogen and oxygen atoms in total. The van der Waals surface area contributed by atoms with Crippen LogP contribution in [0.15, 0.2) is 42.6 Å². The Hall–Kier alpha value is -2.91. The highest BCUT2D eigenvalue weighted by molar-refractivity contribution is 6.06. The second-order valence-electron chi connectivity index (χ2n) is 5.41. The van der Waals surface area contributed by atoms with Gasteiger partial charge in [-0.3, -0.25) is 4.79 Å². The zero-order valence-electron chi connectivity index (χ0n) is 14.1. The normalized spacial score (nSPS) is 10.1. The SMILES string of the molecule is COCCN(C(=O)c1ccnc(N(C)C)c1)c1ccc(C#N)cc1. The van der Waals surface area contributed by atoms with E-state index in [2.05, 4.69) is 11.1 Å². The number of nitriles is 1. The lowest BCUT2D eigenvalue weighted by Gasteiger charge is -2.23. The number of carbonyl (C=O) groups is 1. The summed E-state index contributed by atoms with van der Waals surface area (Å²) in [5, 5.41) is 8.92. The average molecular weight is 324 g/mol. The third-order valence-electron chi connectivity index (χ3n) is 3.52. The molecule has 0 saturated heterocycles. The van der Waals surface area contributed by atoms with Gasteiger partial charge in [-0.05, 0) is 36.4 Å². The number of hydrogen-bond donors (Lipinski definition) is 0. The van der Waals surface area contributed by atoms with Gasteiger partial charge in [0.1, 0.15) is 5.82 Å². The molecule has 1 aromatic heterocycles. The van der Waals surface area contributed by atoms with Gasteiger partial charge in [0.05, 0.1) is 18.2 Å². The van der Waals surface area contributed by atoms with Gasteiger partial charge >= 0.3 is 0 Å². The smallest absolute Gasteiger partial charge is 0.258 e. The van der Waals surface area contributed by atoms with Crippen LogP contribution in [0.2, 0.25) is 0 Å². The lowest BCUT2D eigenvalue weighted by Crippen LogP contribution is -2.34. The van der Waals surface area contributed by atoms with Crippen LogP contribution in [0.25, 0.3) is 0 Å². The number of rotatable bonds is 6. The fraction of sp³-hybridized carbons (Fsp3) is 0.278. The summed E-state index contributed by atoms with van der Waals surface area (Å²) in [7, 11) is 5.35. The molecular formula is C18H20N4O2. The van der Waals surface area contributed by atoms with Crippen LogP contribution < -0.4 is 9.80 Å². The molecular weight excluding hydrogens is 304 g/mol. The van der Waals surface area contributed by atoms with Crippen molar-refractivity contribution in [3.05, 3.63) is 53.7 Å². The van der Waals surface area contributed by atoms with Gasteiger partial charge in [0.15, 0.2) is 0 Å². The number of aromatic nitrogens is 1. The second-order valence-corrected chi connectivity index (χ2v) is 5.41. The summed E-state index contributed by atoms with van der Waals surface area (Å²) < 4.78 is 5.12. The molecule has 0 atom stereocenters. The second kappa shape index (κ2) is 8.09. The van der Waals surface area contributed by atoms with E-state index in [4.69, 9.17) is 10.00 Å². The van der Waals surface area contributed by atoms with Crippen molar-refractivity contribution >= 4 is 17.4 Å². The van der Waals surface area contributed by atoms with Crippen LogP contribution in [0.1, 0.15) is 15.9 Å². The number of anilines is 2. The van der Waals surface area contributed by atoms with Crippen molar-refractivity contribution in [2.45, 2.75) is 0 Å². The number of hydrogen-bond acceptors (Lipinski definition) is 5. The van der Waals surface area contributed by atoms with E-state index in [1.807, 2.05) is 19.0 Å². The number of pyridine rings is 1. The van der Waals surface area contributed by atoms with Gasteiger partial charge in [0, 0.05) is 45.2 Å². The number of methoxy groups -OCH3 is 1. The zero-order chi connectivity index (χ0) is 17.5.